The van der Waals surface area contributed by atoms with Crippen molar-refractivity contribution in [3.63, 3.8) is 0 Å². The lowest BCUT2D eigenvalue weighted by Gasteiger charge is -2.31. The summed E-state index contributed by atoms with van der Waals surface area (Å²) in [7, 11) is 0. The van der Waals surface area contributed by atoms with E-state index in [0.29, 0.717) is 0 Å². The summed E-state index contributed by atoms with van der Waals surface area (Å²) in [4.78, 5) is 3.06. The Morgan fingerprint density at radius 1 is 1.11 bits per heavy atom. The zero-order valence-corrected chi connectivity index (χ0v) is 12.9. The predicted octanol–water partition coefficient (Wildman–Crippen LogP) is 3.15. The molecule has 2 aliphatic rings. The number of hydrogen-bond donors (Lipinski definition) is 0. The second-order valence-electron chi connectivity index (χ2n) is 4.37. The molecule has 0 saturated carbocycles. The van der Waals surface area contributed by atoms with E-state index < -0.39 is 0 Å². The summed E-state index contributed by atoms with van der Waals surface area (Å²) >= 11 is 14.4. The molecule has 2 fully saturated rings. The van der Waals surface area contributed by atoms with Gasteiger partial charge in [0.15, 0.2) is 5.11 Å². The number of fused-ring (bicyclic) bond motifs is 1. The van der Waals surface area contributed by atoms with Crippen molar-refractivity contribution in [2.24, 2.45) is 0 Å². The van der Waals surface area contributed by atoms with Gasteiger partial charge in [0.05, 0.1) is 6.67 Å². The number of benzene rings is 1. The third kappa shape index (κ3) is 2.07. The van der Waals surface area contributed by atoms with Crippen LogP contribution in [0.4, 0.5) is 5.69 Å². The minimum atomic E-state index is 0.792. The standard InChI is InChI=1S/C12H12BrN3S2/c13-9-3-5-10(6-4-9)15-8-14-7-1-2-11(17)16(14)12(15)18/h3-6H,1-2,7-8H2. The Bertz CT molecular complexity index is 503. The van der Waals surface area contributed by atoms with Crippen molar-refractivity contribution in [1.82, 2.24) is 10.0 Å². The van der Waals surface area contributed by atoms with Crippen molar-refractivity contribution in [1.29, 1.82) is 0 Å². The van der Waals surface area contributed by atoms with E-state index in [1.165, 1.54) is 0 Å². The maximum atomic E-state index is 5.54. The third-order valence-electron chi connectivity index (χ3n) is 3.18. The van der Waals surface area contributed by atoms with Gasteiger partial charge >= 0.3 is 0 Å². The first-order valence-corrected chi connectivity index (χ1v) is 7.42. The summed E-state index contributed by atoms with van der Waals surface area (Å²) < 4.78 is 1.07. The van der Waals surface area contributed by atoms with Gasteiger partial charge in [0.1, 0.15) is 4.99 Å². The molecule has 3 rings (SSSR count). The molecule has 2 heterocycles. The molecule has 94 valence electrons. The Morgan fingerprint density at radius 3 is 2.50 bits per heavy atom. The van der Waals surface area contributed by atoms with Crippen LogP contribution in [0, 0.1) is 0 Å². The molecule has 6 heteroatoms. The maximum absolute atomic E-state index is 5.54. The van der Waals surface area contributed by atoms with Gasteiger partial charge in [0, 0.05) is 23.1 Å². The molecule has 0 atom stereocenters. The van der Waals surface area contributed by atoms with E-state index in [0.717, 1.165) is 46.3 Å². The zero-order valence-electron chi connectivity index (χ0n) is 9.67. The summed E-state index contributed by atoms with van der Waals surface area (Å²) in [6, 6.07) is 8.20. The van der Waals surface area contributed by atoms with E-state index in [-0.39, 0.29) is 0 Å². The molecule has 0 amide bonds. The molecule has 3 nitrogen and oxygen atoms in total. The minimum Gasteiger partial charge on any atom is -0.302 e. The Balaban J connectivity index is 1.89. The van der Waals surface area contributed by atoms with Crippen LogP contribution in [-0.2, 0) is 0 Å². The minimum absolute atomic E-state index is 0.792. The first-order chi connectivity index (χ1) is 8.66. The molecule has 0 spiro atoms. The Hall–Kier alpha value is -0.560. The van der Waals surface area contributed by atoms with E-state index >= 15 is 0 Å². The fourth-order valence-corrected chi connectivity index (χ4v) is 3.35. The van der Waals surface area contributed by atoms with Gasteiger partial charge in [0.25, 0.3) is 0 Å². The van der Waals surface area contributed by atoms with Gasteiger partial charge in [0.2, 0.25) is 0 Å². The number of thiocarbonyl (C=S) groups is 2. The van der Waals surface area contributed by atoms with E-state index in [2.05, 4.69) is 38.0 Å². The smallest absolute Gasteiger partial charge is 0.197 e. The number of halogens is 1. The quantitative estimate of drug-likeness (QED) is 0.723. The van der Waals surface area contributed by atoms with Gasteiger partial charge in [-0.25, -0.2) is 5.01 Å². The number of anilines is 1. The average Bonchev–Trinajstić information content (AvgIpc) is 2.69. The first-order valence-electron chi connectivity index (χ1n) is 5.82. The normalized spacial score (nSPS) is 20.5. The van der Waals surface area contributed by atoms with Crippen molar-refractivity contribution < 1.29 is 0 Å². The average molecular weight is 342 g/mol. The molecule has 0 radical (unpaired) electrons. The van der Waals surface area contributed by atoms with Gasteiger partial charge in [-0.15, -0.1) is 0 Å². The molecule has 2 saturated heterocycles. The van der Waals surface area contributed by atoms with Gasteiger partial charge in [-0.3, -0.25) is 0 Å². The van der Waals surface area contributed by atoms with Crippen LogP contribution in [0.3, 0.4) is 0 Å². The second-order valence-corrected chi connectivity index (χ2v) is 6.12. The van der Waals surface area contributed by atoms with Crippen molar-refractivity contribution >= 4 is 56.2 Å². The van der Waals surface area contributed by atoms with Crippen LogP contribution in [-0.4, -0.2) is 33.3 Å². The predicted molar refractivity (Wildman–Crippen MR) is 84.5 cm³/mol. The third-order valence-corrected chi connectivity index (χ3v) is 4.48. The summed E-state index contributed by atoms with van der Waals surface area (Å²) in [5.41, 5.74) is 1.11. The summed E-state index contributed by atoms with van der Waals surface area (Å²) in [5.74, 6) is 0. The molecule has 0 unspecified atom stereocenters. The van der Waals surface area contributed by atoms with E-state index in [4.69, 9.17) is 24.4 Å². The van der Waals surface area contributed by atoms with Crippen LogP contribution in [0.15, 0.2) is 28.7 Å². The lowest BCUT2D eigenvalue weighted by atomic mass is 10.2. The molecule has 1 aromatic rings. The molecule has 1 aromatic carbocycles. The van der Waals surface area contributed by atoms with Gasteiger partial charge in [-0.1, -0.05) is 28.1 Å². The SMILES string of the molecule is S=C1CCCN2CN(c3ccc(Br)cc3)C(=S)N12. The fraction of sp³-hybridized carbons (Fsp3) is 0.333. The number of nitrogens with zero attached hydrogens (tertiary/aromatic N) is 3. The summed E-state index contributed by atoms with van der Waals surface area (Å²) in [6.07, 6.45) is 2.08. The monoisotopic (exact) mass is 341 g/mol. The van der Waals surface area contributed by atoms with Crippen LogP contribution in [0.1, 0.15) is 12.8 Å². The second kappa shape index (κ2) is 4.85. The Kier molecular flexibility index (Phi) is 3.36. The number of hydrazine groups is 1. The molecule has 2 aliphatic heterocycles. The molecule has 0 aromatic heterocycles. The molecule has 0 bridgehead atoms. The highest BCUT2D eigenvalue weighted by atomic mass is 79.9. The van der Waals surface area contributed by atoms with Crippen LogP contribution >= 0.6 is 40.4 Å². The van der Waals surface area contributed by atoms with Crippen molar-refractivity contribution in [2.45, 2.75) is 12.8 Å². The van der Waals surface area contributed by atoms with Crippen LogP contribution < -0.4 is 4.90 Å². The summed E-state index contributed by atoms with van der Waals surface area (Å²) in [6.45, 7) is 1.81. The lowest BCUT2D eigenvalue weighted by molar-refractivity contribution is 0.130. The fourth-order valence-electron chi connectivity index (χ4n) is 2.29. The zero-order chi connectivity index (χ0) is 12.7. The number of hydrogen-bond acceptors (Lipinski definition) is 3. The van der Waals surface area contributed by atoms with Gasteiger partial charge in [-0.05, 0) is 42.9 Å². The van der Waals surface area contributed by atoms with Crippen molar-refractivity contribution in [3.05, 3.63) is 28.7 Å². The topological polar surface area (TPSA) is 9.72 Å². The van der Waals surface area contributed by atoms with Crippen molar-refractivity contribution in [3.8, 4) is 0 Å². The number of rotatable bonds is 1. The van der Waals surface area contributed by atoms with Gasteiger partial charge in [-0.2, -0.15) is 5.01 Å². The summed E-state index contributed by atoms with van der Waals surface area (Å²) in [5, 5.41) is 5.02. The van der Waals surface area contributed by atoms with Crippen LogP contribution in [0.5, 0.6) is 0 Å². The largest absolute Gasteiger partial charge is 0.302 e. The van der Waals surface area contributed by atoms with E-state index in [1.54, 1.807) is 0 Å². The molecule has 0 N–H and O–H groups in total. The Morgan fingerprint density at radius 2 is 1.83 bits per heavy atom. The highest BCUT2D eigenvalue weighted by Gasteiger charge is 2.37. The van der Waals surface area contributed by atoms with Crippen LogP contribution in [0.25, 0.3) is 0 Å². The Labute approximate surface area is 125 Å². The first kappa shape index (κ1) is 12.5. The highest BCUT2D eigenvalue weighted by molar-refractivity contribution is 9.10. The highest BCUT2D eigenvalue weighted by Crippen LogP contribution is 2.28. The molecule has 18 heavy (non-hydrogen) atoms. The molecular weight excluding hydrogens is 330 g/mol. The maximum Gasteiger partial charge on any atom is 0.197 e. The van der Waals surface area contributed by atoms with E-state index in [1.807, 2.05) is 17.1 Å². The van der Waals surface area contributed by atoms with E-state index in [9.17, 15) is 0 Å². The molecule has 0 aliphatic carbocycles. The van der Waals surface area contributed by atoms with Gasteiger partial charge < -0.3 is 4.90 Å². The molecular formula is C12H12BrN3S2. The lowest BCUT2D eigenvalue weighted by Crippen LogP contribution is -2.46. The van der Waals surface area contributed by atoms with Crippen LogP contribution in [0.2, 0.25) is 0 Å². The van der Waals surface area contributed by atoms with Crippen molar-refractivity contribution in [2.75, 3.05) is 18.1 Å².